The van der Waals surface area contributed by atoms with Crippen molar-refractivity contribution in [1.82, 2.24) is 0 Å². The van der Waals surface area contributed by atoms with Gasteiger partial charge in [0.15, 0.2) is 18.0 Å². The average molecular weight is 370 g/mol. The highest BCUT2D eigenvalue weighted by Crippen LogP contribution is 2.39. The van der Waals surface area contributed by atoms with E-state index in [4.69, 9.17) is 9.47 Å². The second-order valence-corrected chi connectivity index (χ2v) is 8.05. The molecule has 0 amide bonds. The Hall–Kier alpha value is -1.14. The second-order valence-electron chi connectivity index (χ2n) is 8.05. The Morgan fingerprint density at radius 2 is 1.19 bits per heavy atom. The van der Waals surface area contributed by atoms with Crippen molar-refractivity contribution in [3.63, 3.8) is 0 Å². The Kier molecular flexibility index (Phi) is 8.35. The zero-order valence-corrected chi connectivity index (χ0v) is 16.0. The van der Waals surface area contributed by atoms with Crippen LogP contribution in [0.15, 0.2) is 0 Å². The standard InChI is InChI=1S/C20H34O6/c1-15-12-10-8-6-4-2-3-5-7-9-11-13-20(14-15)25-16(18(21)22)17(26-20)19(23)24/h15-17H,2-14H2,1H3,(H,21,22)(H,23,24)/t15-,16-,17-/m1/s1. The summed E-state index contributed by atoms with van der Waals surface area (Å²) in [6, 6.07) is 0. The van der Waals surface area contributed by atoms with E-state index in [2.05, 4.69) is 6.92 Å². The zero-order valence-electron chi connectivity index (χ0n) is 16.0. The number of ether oxygens (including phenoxy) is 2. The molecule has 0 radical (unpaired) electrons. The molecule has 0 unspecified atom stereocenters. The zero-order chi connectivity index (χ0) is 19.0. The van der Waals surface area contributed by atoms with Crippen LogP contribution >= 0.6 is 0 Å². The first-order valence-corrected chi connectivity index (χ1v) is 10.2. The molecule has 26 heavy (non-hydrogen) atoms. The van der Waals surface area contributed by atoms with Crippen molar-refractivity contribution in [2.45, 2.75) is 108 Å². The summed E-state index contributed by atoms with van der Waals surface area (Å²) in [6.07, 6.45) is 11.1. The van der Waals surface area contributed by atoms with Gasteiger partial charge in [0.25, 0.3) is 0 Å². The number of rotatable bonds is 2. The van der Waals surface area contributed by atoms with Crippen LogP contribution in [0.25, 0.3) is 0 Å². The summed E-state index contributed by atoms with van der Waals surface area (Å²) >= 11 is 0. The van der Waals surface area contributed by atoms with Crippen LogP contribution in [0.1, 0.15) is 90.4 Å². The fourth-order valence-corrected chi connectivity index (χ4v) is 4.22. The summed E-state index contributed by atoms with van der Waals surface area (Å²) in [7, 11) is 0. The van der Waals surface area contributed by atoms with E-state index in [1.165, 1.54) is 38.5 Å². The van der Waals surface area contributed by atoms with Crippen LogP contribution in [0.5, 0.6) is 0 Å². The molecule has 1 aliphatic carbocycles. The molecule has 1 aliphatic heterocycles. The average Bonchev–Trinajstić information content (AvgIpc) is 2.95. The quantitative estimate of drug-likeness (QED) is 0.750. The summed E-state index contributed by atoms with van der Waals surface area (Å²) in [6.45, 7) is 2.12. The minimum atomic E-state index is -1.43. The van der Waals surface area contributed by atoms with Gasteiger partial charge in [-0.2, -0.15) is 0 Å². The molecule has 1 saturated carbocycles. The highest BCUT2D eigenvalue weighted by atomic mass is 16.8. The molecule has 0 aromatic heterocycles. The van der Waals surface area contributed by atoms with Crippen molar-refractivity contribution in [3.8, 4) is 0 Å². The molecule has 6 heteroatoms. The first kappa shape index (κ1) is 21.2. The van der Waals surface area contributed by atoms with E-state index < -0.39 is 29.9 Å². The number of carbonyl (C=O) groups is 2. The van der Waals surface area contributed by atoms with Gasteiger partial charge in [-0.3, -0.25) is 0 Å². The van der Waals surface area contributed by atoms with Crippen molar-refractivity contribution in [1.29, 1.82) is 0 Å². The lowest BCUT2D eigenvalue weighted by molar-refractivity contribution is -0.200. The Labute approximate surface area is 156 Å². The van der Waals surface area contributed by atoms with Gasteiger partial charge in [0, 0.05) is 12.8 Å². The van der Waals surface area contributed by atoms with Gasteiger partial charge in [-0.15, -0.1) is 0 Å². The normalized spacial score (nSPS) is 31.8. The second kappa shape index (κ2) is 10.3. The number of hydrogen-bond donors (Lipinski definition) is 2. The molecule has 150 valence electrons. The Bertz CT molecular complexity index is 441. The maximum atomic E-state index is 11.5. The lowest BCUT2D eigenvalue weighted by Crippen LogP contribution is -2.36. The first-order valence-electron chi connectivity index (χ1n) is 10.2. The molecular formula is C20H34O6. The molecular weight excluding hydrogens is 336 g/mol. The fraction of sp³-hybridized carbons (Fsp3) is 0.900. The highest BCUT2D eigenvalue weighted by molar-refractivity contribution is 5.84. The van der Waals surface area contributed by atoms with Gasteiger partial charge in [-0.25, -0.2) is 9.59 Å². The third kappa shape index (κ3) is 6.23. The molecule has 1 heterocycles. The van der Waals surface area contributed by atoms with Crippen molar-refractivity contribution < 1.29 is 29.3 Å². The molecule has 2 rings (SSSR count). The molecule has 1 spiro atoms. The topological polar surface area (TPSA) is 93.1 Å². The van der Waals surface area contributed by atoms with E-state index in [9.17, 15) is 19.8 Å². The lowest BCUT2D eigenvalue weighted by Gasteiger charge is -2.31. The smallest absolute Gasteiger partial charge is 0.336 e. The van der Waals surface area contributed by atoms with Gasteiger partial charge in [0.2, 0.25) is 0 Å². The van der Waals surface area contributed by atoms with Gasteiger partial charge in [-0.05, 0) is 12.3 Å². The summed E-state index contributed by atoms with van der Waals surface area (Å²) in [4.78, 5) is 22.9. The lowest BCUT2D eigenvalue weighted by atomic mass is 9.92. The van der Waals surface area contributed by atoms with Crippen LogP contribution in [-0.2, 0) is 19.1 Å². The van der Waals surface area contributed by atoms with Crippen LogP contribution in [0, 0.1) is 5.92 Å². The highest BCUT2D eigenvalue weighted by Gasteiger charge is 2.53. The maximum Gasteiger partial charge on any atom is 0.336 e. The summed E-state index contributed by atoms with van der Waals surface area (Å²) in [5.74, 6) is -3.30. The number of hydrogen-bond acceptors (Lipinski definition) is 4. The summed E-state index contributed by atoms with van der Waals surface area (Å²) < 4.78 is 11.6. The van der Waals surface area contributed by atoms with Gasteiger partial charge in [-0.1, -0.05) is 71.1 Å². The van der Waals surface area contributed by atoms with Crippen molar-refractivity contribution in [2.75, 3.05) is 0 Å². The fourth-order valence-electron chi connectivity index (χ4n) is 4.22. The van der Waals surface area contributed by atoms with Crippen LogP contribution in [0.2, 0.25) is 0 Å². The molecule has 0 aromatic rings. The molecule has 0 bridgehead atoms. The van der Waals surface area contributed by atoms with Crippen LogP contribution in [0.4, 0.5) is 0 Å². The van der Waals surface area contributed by atoms with E-state index in [1.807, 2.05) is 0 Å². The van der Waals surface area contributed by atoms with Gasteiger partial charge in [0.05, 0.1) is 0 Å². The summed E-state index contributed by atoms with van der Waals surface area (Å²) in [5, 5.41) is 18.7. The number of carboxylic acids is 2. The van der Waals surface area contributed by atoms with Crippen molar-refractivity contribution in [3.05, 3.63) is 0 Å². The Morgan fingerprint density at radius 1 is 0.769 bits per heavy atom. The predicted molar refractivity (Wildman–Crippen MR) is 96.9 cm³/mol. The molecule has 0 aromatic carbocycles. The van der Waals surface area contributed by atoms with Crippen LogP contribution in [0.3, 0.4) is 0 Å². The van der Waals surface area contributed by atoms with E-state index in [1.54, 1.807) is 0 Å². The monoisotopic (exact) mass is 370 g/mol. The van der Waals surface area contributed by atoms with Crippen LogP contribution < -0.4 is 0 Å². The third-order valence-corrected chi connectivity index (χ3v) is 5.61. The molecule has 6 nitrogen and oxygen atoms in total. The van der Waals surface area contributed by atoms with Crippen molar-refractivity contribution >= 4 is 11.9 Å². The Balaban J connectivity index is 2.07. The molecule has 3 atom stereocenters. The Morgan fingerprint density at radius 3 is 1.65 bits per heavy atom. The molecule has 2 N–H and O–H groups in total. The minimum absolute atomic E-state index is 0.308. The van der Waals surface area contributed by atoms with Gasteiger partial charge in [0.1, 0.15) is 0 Å². The largest absolute Gasteiger partial charge is 0.479 e. The first-order chi connectivity index (χ1) is 12.4. The van der Waals surface area contributed by atoms with Crippen molar-refractivity contribution in [2.24, 2.45) is 5.92 Å². The van der Waals surface area contributed by atoms with Gasteiger partial charge < -0.3 is 19.7 Å². The molecule has 2 fully saturated rings. The van der Waals surface area contributed by atoms with E-state index in [0.717, 1.165) is 32.1 Å². The SMILES string of the molecule is C[C@@H]1CCCCCCCCCCCCC2(C1)O[C@@H](C(=O)O)[C@H](C(=O)O)O2. The van der Waals surface area contributed by atoms with E-state index in [-0.39, 0.29) is 0 Å². The van der Waals surface area contributed by atoms with E-state index in [0.29, 0.717) is 18.8 Å². The summed E-state index contributed by atoms with van der Waals surface area (Å²) in [5.41, 5.74) is 0. The van der Waals surface area contributed by atoms with Crippen LogP contribution in [-0.4, -0.2) is 40.1 Å². The maximum absolute atomic E-state index is 11.5. The molecule has 1 saturated heterocycles. The van der Waals surface area contributed by atoms with E-state index >= 15 is 0 Å². The third-order valence-electron chi connectivity index (χ3n) is 5.61. The van der Waals surface area contributed by atoms with Gasteiger partial charge >= 0.3 is 11.9 Å². The molecule has 2 aliphatic rings. The predicted octanol–water partition coefficient (Wildman–Crippen LogP) is 4.36. The minimum Gasteiger partial charge on any atom is -0.479 e. The number of aliphatic carboxylic acids is 2. The number of carboxylic acid groups (broad SMARTS) is 2.